The number of likely N-dealkylation sites (tertiary alicyclic amines) is 1. The van der Waals surface area contributed by atoms with E-state index in [1.807, 2.05) is 37.5 Å². The van der Waals surface area contributed by atoms with Crippen LogP contribution < -0.4 is 15.0 Å². The van der Waals surface area contributed by atoms with E-state index >= 15 is 8.78 Å². The zero-order valence-corrected chi connectivity index (χ0v) is 32.5. The molecule has 4 aromatic rings. The van der Waals surface area contributed by atoms with Gasteiger partial charge < -0.3 is 19.1 Å². The van der Waals surface area contributed by atoms with Crippen LogP contribution in [0.1, 0.15) is 67.7 Å². The van der Waals surface area contributed by atoms with E-state index in [0.717, 1.165) is 43.7 Å². The Morgan fingerprint density at radius 2 is 1.68 bits per heavy atom. The molecule has 2 aromatic carbocycles. The number of piperazine rings is 1. The van der Waals surface area contributed by atoms with Gasteiger partial charge in [-0.15, -0.1) is 0 Å². The molecule has 5 heterocycles. The van der Waals surface area contributed by atoms with Crippen molar-refractivity contribution in [2.24, 2.45) is 0 Å². The van der Waals surface area contributed by atoms with Crippen LogP contribution in [0, 0.1) is 11.6 Å². The molecule has 0 aliphatic carbocycles. The van der Waals surface area contributed by atoms with Crippen LogP contribution in [0.5, 0.6) is 6.01 Å². The lowest BCUT2D eigenvalue weighted by Crippen LogP contribution is -2.57. The lowest BCUT2D eigenvalue weighted by molar-refractivity contribution is 0.0122. The minimum atomic E-state index is -0.764. The van der Waals surface area contributed by atoms with Gasteiger partial charge in [0.15, 0.2) is 10.9 Å². The summed E-state index contributed by atoms with van der Waals surface area (Å²) >= 11 is 7.83. The van der Waals surface area contributed by atoms with Gasteiger partial charge in [0.05, 0.1) is 27.3 Å². The van der Waals surface area contributed by atoms with Crippen molar-refractivity contribution in [2.75, 3.05) is 42.9 Å². The van der Waals surface area contributed by atoms with Crippen LogP contribution in [0.15, 0.2) is 18.2 Å². The van der Waals surface area contributed by atoms with Gasteiger partial charge in [0, 0.05) is 36.1 Å². The molecule has 16 heteroatoms. The molecule has 3 aliphatic heterocycles. The highest BCUT2D eigenvalue weighted by atomic mass is 35.5. The first kappa shape index (κ1) is 37.2. The Morgan fingerprint density at radius 3 is 2.30 bits per heavy atom. The van der Waals surface area contributed by atoms with E-state index in [1.165, 1.54) is 12.1 Å². The summed E-state index contributed by atoms with van der Waals surface area (Å²) in [7, 11) is 0. The molecule has 1 N–H and O–H groups in total. The molecule has 3 aliphatic rings. The summed E-state index contributed by atoms with van der Waals surface area (Å²) in [6.45, 7) is 16.1. The third kappa shape index (κ3) is 7.79. The van der Waals surface area contributed by atoms with Crippen LogP contribution in [0.3, 0.4) is 0 Å². The molecule has 2 aromatic heterocycles. The number of aromatic nitrogens is 3. The van der Waals surface area contributed by atoms with Gasteiger partial charge >= 0.3 is 18.2 Å². The molecule has 7 rings (SSSR count). The van der Waals surface area contributed by atoms with Crippen LogP contribution in [-0.4, -0.2) is 99.1 Å². The second-order valence-electron chi connectivity index (χ2n) is 16.0. The van der Waals surface area contributed by atoms with E-state index in [2.05, 4.69) is 20.2 Å². The first-order valence-electron chi connectivity index (χ1n) is 17.9. The molecule has 0 radical (unpaired) electrons. The second-order valence-corrected chi connectivity index (χ2v) is 17.4. The van der Waals surface area contributed by atoms with Gasteiger partial charge in [-0.1, -0.05) is 22.9 Å². The number of hydrogen-bond donors (Lipinski definition) is 1. The fraction of sp³-hybridized carbons (Fsp3) is 0.541. The van der Waals surface area contributed by atoms with Crippen molar-refractivity contribution < 1.29 is 32.6 Å². The number of carbonyl (C=O) groups excluding carboxylic acids is 2. The summed E-state index contributed by atoms with van der Waals surface area (Å²) in [5.41, 5.74) is -1.12. The van der Waals surface area contributed by atoms with Crippen LogP contribution >= 0.6 is 22.9 Å². The maximum absolute atomic E-state index is 17.1. The molecule has 3 saturated heterocycles. The third-order valence-corrected chi connectivity index (χ3v) is 10.6. The normalized spacial score (nSPS) is 19.7. The number of fused-ring (bicyclic) bond motifs is 4. The van der Waals surface area contributed by atoms with E-state index in [9.17, 15) is 9.59 Å². The predicted octanol–water partition coefficient (Wildman–Crippen LogP) is 8.25. The van der Waals surface area contributed by atoms with Gasteiger partial charge in [-0.05, 0) is 99.0 Å². The average Bonchev–Trinajstić information content (AvgIpc) is 3.56. The lowest BCUT2D eigenvalue weighted by Gasteiger charge is -2.42. The molecule has 53 heavy (non-hydrogen) atoms. The smallest absolute Gasteiger partial charge is 0.413 e. The van der Waals surface area contributed by atoms with Crippen molar-refractivity contribution in [3.63, 3.8) is 0 Å². The maximum atomic E-state index is 17.1. The summed E-state index contributed by atoms with van der Waals surface area (Å²) in [5, 5.41) is 3.04. The Morgan fingerprint density at radius 1 is 1.00 bits per heavy atom. The number of nitrogens with one attached hydrogen (secondary N) is 1. The minimum Gasteiger partial charge on any atom is -0.459 e. The summed E-state index contributed by atoms with van der Waals surface area (Å²) in [6, 6.07) is 3.97. The summed E-state index contributed by atoms with van der Waals surface area (Å²) < 4.78 is 49.7. The van der Waals surface area contributed by atoms with Gasteiger partial charge in [0.1, 0.15) is 34.5 Å². The van der Waals surface area contributed by atoms with E-state index < -0.39 is 28.9 Å². The SMILES string of the molecule is C[C@@H](CN1CCC1)Oc1nc(N2CC3CCC(C2)N3C(=O)OC(C)(C)C)c2cc(Cl)c(-c3ccc(F)c4sc(NC(=O)OC(C)(C)C)nc34)c(F)c2n1. The first-order chi connectivity index (χ1) is 24.9. The van der Waals surface area contributed by atoms with Gasteiger partial charge in [-0.2, -0.15) is 9.97 Å². The van der Waals surface area contributed by atoms with Crippen molar-refractivity contribution in [2.45, 2.75) is 97.1 Å². The molecule has 0 saturated carbocycles. The largest absolute Gasteiger partial charge is 0.459 e. The zero-order valence-electron chi connectivity index (χ0n) is 30.9. The molecule has 12 nitrogen and oxygen atoms in total. The maximum Gasteiger partial charge on any atom is 0.413 e. The highest BCUT2D eigenvalue weighted by Crippen LogP contribution is 2.44. The zero-order chi connectivity index (χ0) is 38.0. The third-order valence-electron chi connectivity index (χ3n) is 9.37. The molecule has 2 amide bonds. The Bertz CT molecular complexity index is 2070. The topological polar surface area (TPSA) is 122 Å². The van der Waals surface area contributed by atoms with E-state index in [0.29, 0.717) is 30.8 Å². The van der Waals surface area contributed by atoms with Crippen LogP contribution in [0.2, 0.25) is 5.02 Å². The summed E-state index contributed by atoms with van der Waals surface area (Å²) in [4.78, 5) is 45.8. The van der Waals surface area contributed by atoms with Crippen molar-refractivity contribution >= 4 is 67.2 Å². The predicted molar refractivity (Wildman–Crippen MR) is 201 cm³/mol. The number of ether oxygens (including phenoxy) is 3. The van der Waals surface area contributed by atoms with Crippen molar-refractivity contribution in [1.29, 1.82) is 0 Å². The number of amides is 2. The highest BCUT2D eigenvalue weighted by molar-refractivity contribution is 7.22. The number of thiazole rings is 1. The van der Waals surface area contributed by atoms with Crippen LogP contribution in [0.4, 0.5) is 29.3 Å². The number of benzene rings is 2. The molecular formula is C37H44ClF2N7O5S. The number of rotatable bonds is 7. The van der Waals surface area contributed by atoms with E-state index in [4.69, 9.17) is 30.8 Å². The Labute approximate surface area is 315 Å². The molecule has 2 bridgehead atoms. The molecule has 3 fully saturated rings. The fourth-order valence-electron chi connectivity index (χ4n) is 7.16. The molecular weight excluding hydrogens is 728 g/mol. The van der Waals surface area contributed by atoms with Crippen molar-refractivity contribution in [3.8, 4) is 17.1 Å². The summed E-state index contributed by atoms with van der Waals surface area (Å²) in [6.07, 6.45) is 1.32. The summed E-state index contributed by atoms with van der Waals surface area (Å²) in [5.74, 6) is -0.905. The van der Waals surface area contributed by atoms with Crippen LogP contribution in [-0.2, 0) is 9.47 Å². The number of carbonyl (C=O) groups is 2. The Kier molecular flexibility index (Phi) is 9.81. The lowest BCUT2D eigenvalue weighted by atomic mass is 10.0. The van der Waals surface area contributed by atoms with Crippen LogP contribution in [0.25, 0.3) is 32.2 Å². The standard InChI is InChI=1S/C37H44ClF2N7O5S/c1-19(16-45-13-8-14-45)50-32-41-28-23(31(43-32)46-17-20-9-10-21(18-46)47(20)35(49)52-37(5,6)7)15-24(38)26(27(28)40)22-11-12-25(39)30-29(22)42-33(53-30)44-34(48)51-36(2,3)4/h11-12,15,19-21H,8-10,13-14,16-18H2,1-7H3,(H,42,44,48)/t19-,20?,21?/m0/s1. The monoisotopic (exact) mass is 771 g/mol. The van der Waals surface area contributed by atoms with Crippen molar-refractivity contribution in [3.05, 3.63) is 34.9 Å². The number of nitrogens with zero attached hydrogens (tertiary/aromatic N) is 6. The van der Waals surface area contributed by atoms with E-state index in [1.54, 1.807) is 26.8 Å². The van der Waals surface area contributed by atoms with Gasteiger partial charge in [-0.3, -0.25) is 15.1 Å². The molecule has 3 atom stereocenters. The minimum absolute atomic E-state index is 0.0105. The second kappa shape index (κ2) is 14.0. The highest BCUT2D eigenvalue weighted by Gasteiger charge is 2.45. The van der Waals surface area contributed by atoms with E-state index in [-0.39, 0.29) is 67.3 Å². The number of halogens is 3. The average molecular weight is 772 g/mol. The van der Waals surface area contributed by atoms with Gasteiger partial charge in [0.25, 0.3) is 0 Å². The Hall–Kier alpha value is -4.08. The van der Waals surface area contributed by atoms with Gasteiger partial charge in [0.2, 0.25) is 0 Å². The molecule has 284 valence electrons. The number of anilines is 2. The first-order valence-corrected chi connectivity index (χ1v) is 19.1. The Balaban J connectivity index is 1.29. The quantitative estimate of drug-likeness (QED) is 0.197. The fourth-order valence-corrected chi connectivity index (χ4v) is 8.33. The number of hydrogen-bond acceptors (Lipinski definition) is 11. The molecule has 0 spiro atoms. The molecule has 2 unspecified atom stereocenters. The van der Waals surface area contributed by atoms with Crippen molar-refractivity contribution in [1.82, 2.24) is 24.8 Å². The van der Waals surface area contributed by atoms with Gasteiger partial charge in [-0.25, -0.2) is 23.4 Å².